The molecule has 8 heteroatoms. The highest BCUT2D eigenvalue weighted by atomic mass is 32.1. The Labute approximate surface area is 184 Å². The fraction of sp³-hybridized carbons (Fsp3) is 0.304. The minimum absolute atomic E-state index is 0.00651. The fourth-order valence-electron chi connectivity index (χ4n) is 3.54. The molecule has 31 heavy (non-hydrogen) atoms. The second-order valence-electron chi connectivity index (χ2n) is 7.77. The van der Waals surface area contributed by atoms with E-state index in [-0.39, 0.29) is 12.1 Å². The van der Waals surface area contributed by atoms with Gasteiger partial charge in [-0.1, -0.05) is 18.2 Å². The molecule has 1 saturated heterocycles. The van der Waals surface area contributed by atoms with Crippen LogP contribution in [-0.2, 0) is 17.8 Å². The van der Waals surface area contributed by atoms with E-state index < -0.39 is 17.5 Å². The van der Waals surface area contributed by atoms with Crippen LogP contribution < -0.4 is 5.32 Å². The number of carbonyl (C=O) groups is 1. The Morgan fingerprint density at radius 1 is 1.13 bits per heavy atom. The van der Waals surface area contributed by atoms with Gasteiger partial charge in [-0.15, -0.1) is 11.3 Å². The third-order valence-corrected chi connectivity index (χ3v) is 6.21. The first-order chi connectivity index (χ1) is 15.0. The van der Waals surface area contributed by atoms with Crippen molar-refractivity contribution in [3.05, 3.63) is 70.7 Å². The fourth-order valence-corrected chi connectivity index (χ4v) is 4.36. The van der Waals surface area contributed by atoms with E-state index in [0.717, 1.165) is 61.5 Å². The average Bonchev–Trinajstić information content (AvgIpc) is 3.21. The quantitative estimate of drug-likeness (QED) is 0.627. The van der Waals surface area contributed by atoms with E-state index in [4.69, 9.17) is 0 Å². The first-order valence-electron chi connectivity index (χ1n) is 10.2. The van der Waals surface area contributed by atoms with Crippen molar-refractivity contribution in [2.45, 2.75) is 13.0 Å². The van der Waals surface area contributed by atoms with Gasteiger partial charge in [0.2, 0.25) is 5.91 Å². The molecule has 1 aliphatic heterocycles. The van der Waals surface area contributed by atoms with Crippen LogP contribution in [0.2, 0.25) is 0 Å². The number of likely N-dealkylation sites (N-methyl/N-ethyl adjacent to an activating group) is 1. The van der Waals surface area contributed by atoms with Gasteiger partial charge in [0.25, 0.3) is 0 Å². The third-order valence-electron chi connectivity index (χ3n) is 5.27. The summed E-state index contributed by atoms with van der Waals surface area (Å²) in [6.45, 7) is 5.18. The van der Waals surface area contributed by atoms with Gasteiger partial charge in [-0.25, -0.2) is 13.8 Å². The molecule has 1 aromatic heterocycles. The number of thiazole rings is 1. The summed E-state index contributed by atoms with van der Waals surface area (Å²) in [5, 5.41) is 5.06. The zero-order chi connectivity index (χ0) is 21.8. The lowest BCUT2D eigenvalue weighted by Gasteiger charge is -2.32. The highest BCUT2D eigenvalue weighted by molar-refractivity contribution is 7.13. The molecule has 0 aliphatic carbocycles. The summed E-state index contributed by atoms with van der Waals surface area (Å²) in [4.78, 5) is 21.6. The molecule has 0 bridgehead atoms. The van der Waals surface area contributed by atoms with Gasteiger partial charge in [-0.2, -0.15) is 0 Å². The standard InChI is InChI=1S/C23H24F2N4OS/c1-28-7-9-29(10-8-28)14-16-3-2-4-17(11-16)23-26-19(15-31-23)13-22(30)27-21-12-18(24)5-6-20(21)25/h2-6,11-12,15H,7-10,13-14H2,1H3,(H,27,30). The summed E-state index contributed by atoms with van der Waals surface area (Å²) < 4.78 is 27.0. The highest BCUT2D eigenvalue weighted by Crippen LogP contribution is 2.26. The van der Waals surface area contributed by atoms with Gasteiger partial charge in [-0.3, -0.25) is 9.69 Å². The first kappa shape index (κ1) is 21.5. The molecule has 3 aromatic rings. The van der Waals surface area contributed by atoms with Crippen LogP contribution in [0.3, 0.4) is 0 Å². The van der Waals surface area contributed by atoms with E-state index >= 15 is 0 Å². The molecule has 1 fully saturated rings. The second-order valence-corrected chi connectivity index (χ2v) is 8.63. The molecule has 162 valence electrons. The minimum Gasteiger partial charge on any atom is -0.323 e. The number of hydrogen-bond donors (Lipinski definition) is 1. The zero-order valence-electron chi connectivity index (χ0n) is 17.3. The number of nitrogens with one attached hydrogen (secondary N) is 1. The first-order valence-corrected chi connectivity index (χ1v) is 11.0. The molecule has 0 saturated carbocycles. The lowest BCUT2D eigenvalue weighted by molar-refractivity contribution is -0.115. The molecule has 0 unspecified atom stereocenters. The van der Waals surface area contributed by atoms with Crippen LogP contribution in [0, 0.1) is 11.6 Å². The zero-order valence-corrected chi connectivity index (χ0v) is 18.1. The number of carbonyl (C=O) groups excluding carboxylic acids is 1. The highest BCUT2D eigenvalue weighted by Gasteiger charge is 2.15. The molecule has 1 aliphatic rings. The van der Waals surface area contributed by atoms with Crippen molar-refractivity contribution in [2.24, 2.45) is 0 Å². The summed E-state index contributed by atoms with van der Waals surface area (Å²) in [7, 11) is 2.15. The molecular weight excluding hydrogens is 418 g/mol. The molecule has 0 radical (unpaired) electrons. The topological polar surface area (TPSA) is 48.5 Å². The molecule has 4 rings (SSSR count). The molecule has 2 heterocycles. The summed E-state index contributed by atoms with van der Waals surface area (Å²) in [5.74, 6) is -1.72. The van der Waals surface area contributed by atoms with Crippen molar-refractivity contribution in [2.75, 3.05) is 38.5 Å². The van der Waals surface area contributed by atoms with E-state index in [1.54, 1.807) is 0 Å². The van der Waals surface area contributed by atoms with Crippen molar-refractivity contribution in [3.8, 4) is 10.6 Å². The smallest absolute Gasteiger partial charge is 0.230 e. The normalized spacial score (nSPS) is 15.2. The van der Waals surface area contributed by atoms with E-state index in [1.165, 1.54) is 16.9 Å². The summed E-state index contributed by atoms with van der Waals surface area (Å²) >= 11 is 1.47. The lowest BCUT2D eigenvalue weighted by Crippen LogP contribution is -2.43. The Hall–Kier alpha value is -2.68. The van der Waals surface area contributed by atoms with Crippen LogP contribution in [0.25, 0.3) is 10.6 Å². The monoisotopic (exact) mass is 442 g/mol. The predicted molar refractivity (Wildman–Crippen MR) is 119 cm³/mol. The van der Waals surface area contributed by atoms with Gasteiger partial charge in [0.1, 0.15) is 16.6 Å². The van der Waals surface area contributed by atoms with Crippen molar-refractivity contribution >= 4 is 22.9 Å². The number of rotatable bonds is 6. The van der Waals surface area contributed by atoms with Crippen molar-refractivity contribution < 1.29 is 13.6 Å². The number of halogens is 2. The van der Waals surface area contributed by atoms with Crippen LogP contribution in [0.1, 0.15) is 11.3 Å². The molecular formula is C23H24F2N4OS. The number of anilines is 1. The van der Waals surface area contributed by atoms with Gasteiger partial charge >= 0.3 is 0 Å². The molecule has 0 spiro atoms. The summed E-state index contributed by atoms with van der Waals surface area (Å²) in [6, 6.07) is 11.3. The largest absolute Gasteiger partial charge is 0.323 e. The minimum atomic E-state index is -0.675. The third kappa shape index (κ3) is 5.72. The molecule has 1 N–H and O–H groups in total. The maximum Gasteiger partial charge on any atom is 0.230 e. The van der Waals surface area contributed by atoms with E-state index in [2.05, 4.69) is 39.3 Å². The SMILES string of the molecule is CN1CCN(Cc2cccc(-c3nc(CC(=O)Nc4cc(F)ccc4F)cs3)c2)CC1. The molecule has 2 aromatic carbocycles. The van der Waals surface area contributed by atoms with E-state index in [0.29, 0.717) is 5.69 Å². The number of amides is 1. The van der Waals surface area contributed by atoms with E-state index in [1.807, 2.05) is 17.5 Å². The number of nitrogens with zero attached hydrogens (tertiary/aromatic N) is 3. The van der Waals surface area contributed by atoms with Crippen molar-refractivity contribution in [1.82, 2.24) is 14.8 Å². The molecule has 1 amide bonds. The van der Waals surface area contributed by atoms with Crippen LogP contribution in [0.4, 0.5) is 14.5 Å². The van der Waals surface area contributed by atoms with Gasteiger partial charge in [-0.05, 0) is 30.8 Å². The Morgan fingerprint density at radius 3 is 2.74 bits per heavy atom. The predicted octanol–water partition coefficient (Wildman–Crippen LogP) is 4.02. The number of hydrogen-bond acceptors (Lipinski definition) is 5. The number of benzene rings is 2. The van der Waals surface area contributed by atoms with Gasteiger partial charge in [0, 0.05) is 49.7 Å². The second kappa shape index (κ2) is 9.64. The number of piperazine rings is 1. The van der Waals surface area contributed by atoms with Crippen molar-refractivity contribution in [1.29, 1.82) is 0 Å². The lowest BCUT2D eigenvalue weighted by atomic mass is 10.1. The van der Waals surface area contributed by atoms with Crippen molar-refractivity contribution in [3.63, 3.8) is 0 Å². The van der Waals surface area contributed by atoms with Gasteiger partial charge in [0.15, 0.2) is 0 Å². The van der Waals surface area contributed by atoms with Crippen LogP contribution in [-0.4, -0.2) is 53.9 Å². The molecule has 0 atom stereocenters. The van der Waals surface area contributed by atoms with E-state index in [9.17, 15) is 13.6 Å². The van der Waals surface area contributed by atoms with Crippen LogP contribution >= 0.6 is 11.3 Å². The van der Waals surface area contributed by atoms with Gasteiger partial charge < -0.3 is 10.2 Å². The average molecular weight is 443 g/mol. The maximum absolute atomic E-state index is 13.7. The Kier molecular flexibility index (Phi) is 6.70. The number of aromatic nitrogens is 1. The molecule has 5 nitrogen and oxygen atoms in total. The Morgan fingerprint density at radius 2 is 1.94 bits per heavy atom. The van der Waals surface area contributed by atoms with Crippen LogP contribution in [0.15, 0.2) is 47.8 Å². The van der Waals surface area contributed by atoms with Crippen LogP contribution in [0.5, 0.6) is 0 Å². The Bertz CT molecular complexity index is 1060. The summed E-state index contributed by atoms with van der Waals surface area (Å²) in [5.41, 5.74) is 2.67. The summed E-state index contributed by atoms with van der Waals surface area (Å²) in [6.07, 6.45) is -0.00651. The van der Waals surface area contributed by atoms with Gasteiger partial charge in [0.05, 0.1) is 17.8 Å². The Balaban J connectivity index is 1.39. The maximum atomic E-state index is 13.7.